The molecule has 1 saturated heterocycles. The van der Waals surface area contributed by atoms with Crippen LogP contribution >= 0.6 is 22.7 Å². The van der Waals surface area contributed by atoms with Crippen molar-refractivity contribution < 1.29 is 17.9 Å². The van der Waals surface area contributed by atoms with Gasteiger partial charge in [-0.2, -0.15) is 9.30 Å². The van der Waals surface area contributed by atoms with Crippen LogP contribution in [0.15, 0.2) is 44.9 Å². The Kier molecular flexibility index (Phi) is 6.61. The van der Waals surface area contributed by atoms with E-state index in [-0.39, 0.29) is 11.8 Å². The van der Waals surface area contributed by atoms with Gasteiger partial charge in [0.05, 0.1) is 16.8 Å². The van der Waals surface area contributed by atoms with E-state index in [9.17, 15) is 13.2 Å². The highest BCUT2D eigenvalue weighted by Crippen LogP contribution is 2.27. The van der Waals surface area contributed by atoms with E-state index in [4.69, 9.17) is 4.74 Å². The van der Waals surface area contributed by atoms with Crippen molar-refractivity contribution in [1.82, 2.24) is 8.87 Å². The molecule has 1 amide bonds. The standard InChI is InChI=1S/C21H25N3O4S3/c1-3-24-17-8-7-16(28-4-2)14-18(17)30-21(24)22-20(25)15-9-11-23(12-10-15)31(26,27)19-6-5-13-29-19/h5-8,13-15H,3-4,9-12H2,1-2H3. The molecule has 10 heteroatoms. The Morgan fingerprint density at radius 1 is 1.23 bits per heavy atom. The average molecular weight is 480 g/mol. The Morgan fingerprint density at radius 2 is 2.00 bits per heavy atom. The molecule has 7 nitrogen and oxygen atoms in total. The fraction of sp³-hybridized carbons (Fsp3) is 0.429. The number of carbonyl (C=O) groups excluding carboxylic acids is 1. The van der Waals surface area contributed by atoms with Crippen LogP contribution in [0.3, 0.4) is 0 Å². The van der Waals surface area contributed by atoms with E-state index in [0.29, 0.717) is 48.1 Å². The highest BCUT2D eigenvalue weighted by Gasteiger charge is 2.32. The maximum absolute atomic E-state index is 12.9. The molecular formula is C21H25N3O4S3. The number of sulfonamides is 1. The zero-order chi connectivity index (χ0) is 22.0. The Balaban J connectivity index is 1.52. The van der Waals surface area contributed by atoms with Crippen LogP contribution in [0.1, 0.15) is 26.7 Å². The van der Waals surface area contributed by atoms with E-state index < -0.39 is 10.0 Å². The van der Waals surface area contributed by atoms with Crippen molar-refractivity contribution in [3.63, 3.8) is 0 Å². The number of benzene rings is 1. The van der Waals surface area contributed by atoms with E-state index in [0.717, 1.165) is 16.0 Å². The van der Waals surface area contributed by atoms with Crippen LogP contribution in [0.2, 0.25) is 0 Å². The zero-order valence-electron chi connectivity index (χ0n) is 17.5. The Morgan fingerprint density at radius 3 is 2.65 bits per heavy atom. The van der Waals surface area contributed by atoms with Crippen LogP contribution in [0.5, 0.6) is 5.75 Å². The van der Waals surface area contributed by atoms with Gasteiger partial charge in [-0.3, -0.25) is 4.79 Å². The summed E-state index contributed by atoms with van der Waals surface area (Å²) in [7, 11) is -3.47. The average Bonchev–Trinajstić information content (AvgIpc) is 3.42. The van der Waals surface area contributed by atoms with E-state index in [1.165, 1.54) is 27.0 Å². The van der Waals surface area contributed by atoms with Crippen LogP contribution < -0.4 is 9.54 Å². The Hall–Kier alpha value is -2.01. The lowest BCUT2D eigenvalue weighted by molar-refractivity contribution is -0.122. The SMILES string of the molecule is CCOc1ccc2c(c1)sc(=NC(=O)C1CCN(S(=O)(=O)c3cccs3)CC1)n2CC. The maximum atomic E-state index is 12.9. The molecule has 4 rings (SSSR count). The number of hydrogen-bond donors (Lipinski definition) is 0. The van der Waals surface area contributed by atoms with Gasteiger partial charge in [-0.15, -0.1) is 11.3 Å². The first-order chi connectivity index (χ1) is 14.9. The highest BCUT2D eigenvalue weighted by molar-refractivity contribution is 7.91. The molecule has 1 aromatic carbocycles. The smallest absolute Gasteiger partial charge is 0.252 e. The molecule has 0 atom stereocenters. The summed E-state index contributed by atoms with van der Waals surface area (Å²) in [5, 5.41) is 1.76. The molecule has 166 valence electrons. The monoisotopic (exact) mass is 479 g/mol. The number of aryl methyl sites for hydroxylation is 1. The first kappa shape index (κ1) is 22.2. The molecule has 0 bridgehead atoms. The van der Waals surface area contributed by atoms with Crippen LogP contribution in [-0.4, -0.2) is 42.9 Å². The van der Waals surface area contributed by atoms with E-state index in [2.05, 4.69) is 4.99 Å². The third-order valence-electron chi connectivity index (χ3n) is 5.38. The van der Waals surface area contributed by atoms with Crippen molar-refractivity contribution in [2.24, 2.45) is 10.9 Å². The van der Waals surface area contributed by atoms with Crippen LogP contribution in [0.4, 0.5) is 0 Å². The van der Waals surface area contributed by atoms with Gasteiger partial charge in [-0.05, 0) is 56.3 Å². The zero-order valence-corrected chi connectivity index (χ0v) is 19.9. The largest absolute Gasteiger partial charge is 0.494 e. The molecule has 0 spiro atoms. The second-order valence-corrected chi connectivity index (χ2v) is 11.4. The third-order valence-corrected chi connectivity index (χ3v) is 9.69. The van der Waals surface area contributed by atoms with E-state index in [1.807, 2.05) is 36.6 Å². The topological polar surface area (TPSA) is 81.0 Å². The lowest BCUT2D eigenvalue weighted by Crippen LogP contribution is -2.40. The van der Waals surface area contributed by atoms with Gasteiger partial charge in [0.1, 0.15) is 9.96 Å². The number of fused-ring (bicyclic) bond motifs is 1. The second kappa shape index (κ2) is 9.23. The third kappa shape index (κ3) is 4.48. The first-order valence-corrected chi connectivity index (χ1v) is 13.5. The summed E-state index contributed by atoms with van der Waals surface area (Å²) in [6.07, 6.45) is 0.969. The molecule has 1 aliphatic heterocycles. The highest BCUT2D eigenvalue weighted by atomic mass is 32.2. The predicted molar refractivity (Wildman–Crippen MR) is 123 cm³/mol. The van der Waals surface area contributed by atoms with Crippen LogP contribution in [-0.2, 0) is 21.4 Å². The summed E-state index contributed by atoms with van der Waals surface area (Å²) in [5.74, 6) is 0.368. The summed E-state index contributed by atoms with van der Waals surface area (Å²) in [4.78, 5) is 18.0. The Bertz CT molecular complexity index is 1230. The van der Waals surface area contributed by atoms with Crippen LogP contribution in [0, 0.1) is 5.92 Å². The van der Waals surface area contributed by atoms with Gasteiger partial charge < -0.3 is 9.30 Å². The summed E-state index contributed by atoms with van der Waals surface area (Å²) in [5.41, 5.74) is 1.03. The number of piperidine rings is 1. The fourth-order valence-corrected chi connectivity index (χ4v) is 7.51. The van der Waals surface area contributed by atoms with Gasteiger partial charge in [0.2, 0.25) is 0 Å². The molecule has 3 aromatic rings. The molecule has 0 saturated carbocycles. The number of thiazole rings is 1. The minimum absolute atomic E-state index is 0.174. The molecule has 0 unspecified atom stereocenters. The number of ether oxygens (including phenoxy) is 1. The molecule has 1 fully saturated rings. The molecule has 1 aliphatic rings. The molecule has 0 N–H and O–H groups in total. The van der Waals surface area contributed by atoms with Crippen molar-refractivity contribution in [2.75, 3.05) is 19.7 Å². The number of nitrogens with zero attached hydrogens (tertiary/aromatic N) is 3. The quantitative estimate of drug-likeness (QED) is 0.540. The number of amides is 1. The van der Waals surface area contributed by atoms with E-state index in [1.54, 1.807) is 17.5 Å². The van der Waals surface area contributed by atoms with Gasteiger partial charge in [-0.25, -0.2) is 8.42 Å². The van der Waals surface area contributed by atoms with Crippen molar-refractivity contribution in [3.05, 3.63) is 40.5 Å². The molecule has 2 aromatic heterocycles. The van der Waals surface area contributed by atoms with Crippen molar-refractivity contribution in [2.45, 2.75) is 37.4 Å². The van der Waals surface area contributed by atoms with Gasteiger partial charge in [0.15, 0.2) is 4.80 Å². The summed E-state index contributed by atoms with van der Waals surface area (Å²) in [6, 6.07) is 9.26. The van der Waals surface area contributed by atoms with Gasteiger partial charge >= 0.3 is 0 Å². The van der Waals surface area contributed by atoms with Crippen molar-refractivity contribution in [3.8, 4) is 5.75 Å². The fourth-order valence-electron chi connectivity index (χ4n) is 3.77. The molecule has 0 aliphatic carbocycles. The van der Waals surface area contributed by atoms with Crippen molar-refractivity contribution >= 4 is 48.8 Å². The predicted octanol–water partition coefficient (Wildman–Crippen LogP) is 3.71. The second-order valence-electron chi connectivity index (χ2n) is 7.25. The normalized spacial score (nSPS) is 16.8. The van der Waals surface area contributed by atoms with E-state index >= 15 is 0 Å². The molecule has 3 heterocycles. The van der Waals surface area contributed by atoms with Gasteiger partial charge in [-0.1, -0.05) is 17.4 Å². The minimum atomic E-state index is -3.47. The van der Waals surface area contributed by atoms with Gasteiger partial charge in [0.25, 0.3) is 15.9 Å². The first-order valence-electron chi connectivity index (χ1n) is 10.3. The number of carbonyl (C=O) groups is 1. The Labute approximate surface area is 189 Å². The number of aromatic nitrogens is 1. The van der Waals surface area contributed by atoms with Crippen LogP contribution in [0.25, 0.3) is 10.2 Å². The minimum Gasteiger partial charge on any atom is -0.494 e. The number of hydrogen-bond acceptors (Lipinski definition) is 6. The lowest BCUT2D eigenvalue weighted by atomic mass is 9.98. The summed E-state index contributed by atoms with van der Waals surface area (Å²) >= 11 is 2.69. The summed E-state index contributed by atoms with van der Waals surface area (Å²) < 4.78 is 35.8. The number of thiophene rings is 1. The number of rotatable bonds is 6. The maximum Gasteiger partial charge on any atom is 0.252 e. The molecule has 0 radical (unpaired) electrons. The summed E-state index contributed by atoms with van der Waals surface area (Å²) in [6.45, 7) is 5.95. The van der Waals surface area contributed by atoms with Crippen molar-refractivity contribution in [1.29, 1.82) is 0 Å². The molecule has 31 heavy (non-hydrogen) atoms. The lowest BCUT2D eigenvalue weighted by Gasteiger charge is -2.29. The van der Waals surface area contributed by atoms with Gasteiger partial charge in [0, 0.05) is 25.6 Å². The molecular weight excluding hydrogens is 454 g/mol.